The van der Waals surface area contributed by atoms with Crippen LogP contribution in [0.25, 0.3) is 21.9 Å². The van der Waals surface area contributed by atoms with E-state index in [9.17, 15) is 0 Å². The number of benzene rings is 2. The average Bonchev–Trinajstić information content (AvgIpc) is 2.80. The zero-order valence-electron chi connectivity index (χ0n) is 10.5. The fourth-order valence-electron chi connectivity index (χ4n) is 2.30. The predicted octanol–water partition coefficient (Wildman–Crippen LogP) is -4.86. The highest BCUT2D eigenvalue weighted by atomic mass is 16.3. The van der Waals surface area contributed by atoms with E-state index in [0.717, 1.165) is 0 Å². The van der Waals surface area contributed by atoms with E-state index in [1.54, 1.807) is 6.07 Å². The maximum Gasteiger partial charge on any atom is 0.127 e. The van der Waals surface area contributed by atoms with Crippen molar-refractivity contribution in [1.29, 1.82) is 0 Å². The van der Waals surface area contributed by atoms with Crippen molar-refractivity contribution < 1.29 is 4.42 Å². The van der Waals surface area contributed by atoms with Crippen LogP contribution in [-0.4, -0.2) is 54.9 Å². The summed E-state index contributed by atoms with van der Waals surface area (Å²) in [5, 5.41) is 1.13. The molecule has 0 aliphatic heterocycles. The third-order valence-electron chi connectivity index (χ3n) is 3.48. The second kappa shape index (κ2) is 4.34. The van der Waals surface area contributed by atoms with Gasteiger partial charge in [0.15, 0.2) is 0 Å². The van der Waals surface area contributed by atoms with Crippen LogP contribution in [0.3, 0.4) is 0 Å². The van der Waals surface area contributed by atoms with E-state index < -0.39 is 0 Å². The van der Waals surface area contributed by atoms with E-state index in [4.69, 9.17) is 59.3 Å². The van der Waals surface area contributed by atoms with Gasteiger partial charge in [-0.3, -0.25) is 0 Å². The zero-order chi connectivity index (χ0) is 14.8. The highest BCUT2D eigenvalue weighted by Gasteiger charge is 2.17. The third-order valence-corrected chi connectivity index (χ3v) is 3.48. The molecule has 3 aromatic rings. The van der Waals surface area contributed by atoms with Crippen LogP contribution in [-0.2, 0) is 0 Å². The van der Waals surface area contributed by atoms with Crippen molar-refractivity contribution in [3.8, 4) is 0 Å². The van der Waals surface area contributed by atoms with Gasteiger partial charge in [0, 0.05) is 10.8 Å². The SMILES string of the molecule is [B]c1cc2c(oc3c([B])c([B])c([B])c([B])c32)c([B])c1[B]. The Morgan fingerprint density at radius 3 is 1.80 bits per heavy atom. The minimum Gasteiger partial charge on any atom is -0.457 e. The Bertz CT molecular complexity index is 881. The van der Waals surface area contributed by atoms with E-state index in [2.05, 4.69) is 0 Å². The molecule has 3 rings (SSSR count). The van der Waals surface area contributed by atoms with Crippen molar-refractivity contribution in [2.24, 2.45) is 0 Å². The number of rotatable bonds is 0. The monoisotopic (exact) mass is 238 g/mol. The predicted molar refractivity (Wildman–Crippen MR) is 91.4 cm³/mol. The molecule has 76 valence electrons. The molecule has 0 aliphatic rings. The van der Waals surface area contributed by atoms with Crippen LogP contribution >= 0.6 is 0 Å². The van der Waals surface area contributed by atoms with Gasteiger partial charge in [-0.1, -0.05) is 22.5 Å². The van der Waals surface area contributed by atoms with E-state index >= 15 is 0 Å². The lowest BCUT2D eigenvalue weighted by Crippen LogP contribution is -2.47. The number of hydrogen-bond donors (Lipinski definition) is 0. The second-order valence-electron chi connectivity index (χ2n) is 4.63. The summed E-state index contributed by atoms with van der Waals surface area (Å²) in [4.78, 5) is 0. The fraction of sp³-hybridized carbons (Fsp3) is 0. The van der Waals surface area contributed by atoms with Crippen LogP contribution in [0, 0.1) is 0 Å². The molecule has 1 heterocycles. The Hall–Kier alpha value is -1.31. The van der Waals surface area contributed by atoms with Crippen molar-refractivity contribution in [3.05, 3.63) is 6.07 Å². The number of fused-ring (bicyclic) bond motifs is 3. The van der Waals surface area contributed by atoms with E-state index in [0.29, 0.717) is 27.4 Å². The summed E-state index contributed by atoms with van der Waals surface area (Å²) in [5.41, 5.74) is 2.33. The molecule has 0 N–H and O–H groups in total. The van der Waals surface area contributed by atoms with Gasteiger partial charge in [-0.2, -0.15) is 0 Å². The second-order valence-corrected chi connectivity index (χ2v) is 4.63. The summed E-state index contributed by atoms with van der Waals surface area (Å²) in [6.07, 6.45) is 0. The first-order chi connectivity index (χ1) is 9.34. The molecule has 1 nitrogen and oxygen atoms in total. The lowest BCUT2D eigenvalue weighted by atomic mass is 9.65. The van der Waals surface area contributed by atoms with E-state index in [1.165, 1.54) is 0 Å². The standard InChI is InChI=1S/C12HB7O/c13-3-1-2-4-6(15)7(16)8(17)10(19)12(4)20-11(2)9(18)5(3)14/h1H. The normalized spacial score (nSPS) is 11.4. The quantitative estimate of drug-likeness (QED) is 0.357. The Labute approximate surface area is 126 Å². The van der Waals surface area contributed by atoms with Crippen LogP contribution in [0.4, 0.5) is 0 Å². The van der Waals surface area contributed by atoms with Gasteiger partial charge in [0.1, 0.15) is 66.1 Å². The third kappa shape index (κ3) is 1.60. The molecule has 0 saturated carbocycles. The molecule has 0 fully saturated rings. The molecule has 0 unspecified atom stereocenters. The van der Waals surface area contributed by atoms with Gasteiger partial charge in [-0.05, 0) is 0 Å². The molecule has 2 aromatic carbocycles. The van der Waals surface area contributed by atoms with Crippen molar-refractivity contribution >= 4 is 115 Å². The smallest absolute Gasteiger partial charge is 0.127 e. The molecule has 14 radical (unpaired) electrons. The van der Waals surface area contributed by atoms with Gasteiger partial charge < -0.3 is 4.42 Å². The van der Waals surface area contributed by atoms with Crippen LogP contribution in [0.5, 0.6) is 0 Å². The molecule has 8 heteroatoms. The van der Waals surface area contributed by atoms with Crippen LogP contribution < -0.4 is 38.2 Å². The van der Waals surface area contributed by atoms with Gasteiger partial charge in [0.25, 0.3) is 0 Å². The van der Waals surface area contributed by atoms with E-state index in [-0.39, 0.29) is 32.8 Å². The summed E-state index contributed by atoms with van der Waals surface area (Å²) in [7, 11) is 41.1. The summed E-state index contributed by atoms with van der Waals surface area (Å²) in [6, 6.07) is 1.62. The Morgan fingerprint density at radius 1 is 0.600 bits per heavy atom. The topological polar surface area (TPSA) is 13.1 Å². The van der Waals surface area contributed by atoms with Gasteiger partial charge in [0.05, 0.1) is 0 Å². The van der Waals surface area contributed by atoms with E-state index in [1.807, 2.05) is 0 Å². The minimum absolute atomic E-state index is 0.175. The van der Waals surface area contributed by atoms with Gasteiger partial charge in [-0.15, -0.1) is 21.9 Å². The van der Waals surface area contributed by atoms with Crippen LogP contribution in [0.15, 0.2) is 10.5 Å². The highest BCUT2D eigenvalue weighted by molar-refractivity contribution is 6.68. The van der Waals surface area contributed by atoms with Crippen molar-refractivity contribution in [1.82, 2.24) is 0 Å². The van der Waals surface area contributed by atoms with Crippen LogP contribution in [0.2, 0.25) is 0 Å². The molecule has 0 aliphatic carbocycles. The largest absolute Gasteiger partial charge is 0.457 e. The van der Waals surface area contributed by atoms with Crippen LogP contribution in [0.1, 0.15) is 0 Å². The summed E-state index contributed by atoms with van der Waals surface area (Å²) in [6.45, 7) is 0. The maximum atomic E-state index is 6.00. The molecule has 0 saturated heterocycles. The molecule has 1 aromatic heterocycles. The molecular weight excluding hydrogens is 236 g/mol. The first kappa shape index (κ1) is 13.7. The number of furan rings is 1. The lowest BCUT2D eigenvalue weighted by Gasteiger charge is -2.12. The zero-order valence-corrected chi connectivity index (χ0v) is 10.5. The molecule has 0 amide bonds. The van der Waals surface area contributed by atoms with Gasteiger partial charge >= 0.3 is 0 Å². The summed E-state index contributed by atoms with van der Waals surface area (Å²) in [5.74, 6) is 0. The minimum atomic E-state index is 0.175. The average molecular weight is 237 g/mol. The molecule has 0 spiro atoms. The molecular formula is C12HB7O. The van der Waals surface area contributed by atoms with Crippen molar-refractivity contribution in [2.45, 2.75) is 0 Å². The van der Waals surface area contributed by atoms with Crippen molar-refractivity contribution in [2.75, 3.05) is 0 Å². The number of hydrogen-bond acceptors (Lipinski definition) is 1. The molecule has 0 bridgehead atoms. The lowest BCUT2D eigenvalue weighted by molar-refractivity contribution is 0.675. The summed E-state index contributed by atoms with van der Waals surface area (Å²) < 4.78 is 5.67. The maximum absolute atomic E-state index is 6.00. The molecule has 0 atom stereocenters. The summed E-state index contributed by atoms with van der Waals surface area (Å²) >= 11 is 0. The highest BCUT2D eigenvalue weighted by Crippen LogP contribution is 2.22. The van der Waals surface area contributed by atoms with Crippen molar-refractivity contribution in [3.63, 3.8) is 0 Å². The molecule has 20 heavy (non-hydrogen) atoms. The first-order valence-electron chi connectivity index (χ1n) is 5.76. The first-order valence-corrected chi connectivity index (χ1v) is 5.76. The Morgan fingerprint density at radius 2 is 1.15 bits per heavy atom. The Balaban J connectivity index is 2.67. The van der Waals surface area contributed by atoms with Gasteiger partial charge in [-0.25, -0.2) is 0 Å². The Kier molecular flexibility index (Phi) is 2.97. The van der Waals surface area contributed by atoms with Gasteiger partial charge in [0.2, 0.25) is 0 Å². The fourth-order valence-corrected chi connectivity index (χ4v) is 2.30.